The van der Waals surface area contributed by atoms with Crippen molar-refractivity contribution in [3.05, 3.63) is 59.1 Å². The number of aryl methyl sites for hydroxylation is 1. The van der Waals surface area contributed by atoms with Crippen molar-refractivity contribution in [3.63, 3.8) is 0 Å². The van der Waals surface area contributed by atoms with Crippen molar-refractivity contribution < 1.29 is 9.59 Å². The molecule has 7 heteroatoms. The van der Waals surface area contributed by atoms with Gasteiger partial charge in [0.15, 0.2) is 0 Å². The number of rotatable bonds is 8. The zero-order valence-electron chi connectivity index (χ0n) is 15.7. The third kappa shape index (κ3) is 4.89. The first-order valence-corrected chi connectivity index (χ1v) is 9.75. The van der Waals surface area contributed by atoms with Gasteiger partial charge in [0.05, 0.1) is 11.0 Å². The Morgan fingerprint density at radius 3 is 2.61 bits per heavy atom. The number of para-hydroxylation sites is 2. The number of nitrogens with zero attached hydrogens (tertiary/aromatic N) is 2. The van der Waals surface area contributed by atoms with Gasteiger partial charge >= 0.3 is 0 Å². The Hall–Kier alpha value is -2.86. The Kier molecular flexibility index (Phi) is 6.66. The molecule has 3 aromatic rings. The molecule has 0 fully saturated rings. The highest BCUT2D eigenvalue weighted by Gasteiger charge is 2.12. The average molecular weight is 399 g/mol. The number of anilines is 1. The second-order valence-corrected chi connectivity index (χ2v) is 6.93. The number of fused-ring (bicyclic) bond motifs is 1. The summed E-state index contributed by atoms with van der Waals surface area (Å²) in [4.78, 5) is 28.9. The molecule has 0 aliphatic heterocycles. The summed E-state index contributed by atoms with van der Waals surface area (Å²) in [5.41, 5.74) is 2.42. The van der Waals surface area contributed by atoms with E-state index in [1.54, 1.807) is 24.3 Å². The van der Waals surface area contributed by atoms with Crippen LogP contribution in [-0.2, 0) is 11.3 Å². The normalized spacial score (nSPS) is 10.8. The lowest BCUT2D eigenvalue weighted by atomic mass is 10.2. The van der Waals surface area contributed by atoms with Gasteiger partial charge in [-0.3, -0.25) is 14.9 Å². The quantitative estimate of drug-likeness (QED) is 0.557. The fraction of sp³-hybridized carbons (Fsp3) is 0.286. The highest BCUT2D eigenvalue weighted by atomic mass is 35.5. The van der Waals surface area contributed by atoms with Gasteiger partial charge in [-0.1, -0.05) is 30.7 Å². The molecule has 28 heavy (non-hydrogen) atoms. The maximum Gasteiger partial charge on any atom is 0.251 e. The average Bonchev–Trinajstić information content (AvgIpc) is 3.03. The molecule has 0 aliphatic carbocycles. The minimum atomic E-state index is -0.179. The van der Waals surface area contributed by atoms with Crippen LogP contribution in [0.15, 0.2) is 48.5 Å². The van der Waals surface area contributed by atoms with Crippen molar-refractivity contribution in [2.24, 2.45) is 0 Å². The van der Waals surface area contributed by atoms with E-state index in [9.17, 15) is 9.59 Å². The van der Waals surface area contributed by atoms with Gasteiger partial charge in [0.25, 0.3) is 5.91 Å². The van der Waals surface area contributed by atoms with Gasteiger partial charge < -0.3 is 9.88 Å². The summed E-state index contributed by atoms with van der Waals surface area (Å²) in [5, 5.41) is 6.29. The predicted octanol–water partition coefficient (Wildman–Crippen LogP) is 4.25. The summed E-state index contributed by atoms with van der Waals surface area (Å²) < 4.78 is 2.02. The van der Waals surface area contributed by atoms with Gasteiger partial charge in [0, 0.05) is 30.1 Å². The number of nitrogens with one attached hydrogen (secondary N) is 2. The zero-order chi connectivity index (χ0) is 19.9. The van der Waals surface area contributed by atoms with E-state index in [-0.39, 0.29) is 11.8 Å². The zero-order valence-corrected chi connectivity index (χ0v) is 16.5. The second-order valence-electron chi connectivity index (χ2n) is 6.49. The molecule has 2 amide bonds. The molecule has 0 unspecified atom stereocenters. The first kappa shape index (κ1) is 19.9. The minimum absolute atomic E-state index is 0.117. The van der Waals surface area contributed by atoms with Crippen LogP contribution in [0.1, 0.15) is 36.5 Å². The SMILES string of the molecule is CCCn1c(NC(=O)CCCNC(=O)c2ccc(Cl)cc2)nc2ccccc21. The van der Waals surface area contributed by atoms with Gasteiger partial charge in [0.2, 0.25) is 11.9 Å². The van der Waals surface area contributed by atoms with E-state index in [0.717, 1.165) is 24.0 Å². The van der Waals surface area contributed by atoms with Crippen molar-refractivity contribution >= 4 is 40.4 Å². The molecular weight excluding hydrogens is 376 g/mol. The first-order valence-electron chi connectivity index (χ1n) is 9.37. The number of benzene rings is 2. The van der Waals surface area contributed by atoms with Crippen LogP contribution in [-0.4, -0.2) is 27.9 Å². The maximum atomic E-state index is 12.3. The molecule has 2 aromatic carbocycles. The largest absolute Gasteiger partial charge is 0.352 e. The van der Waals surface area contributed by atoms with E-state index in [1.807, 2.05) is 28.8 Å². The van der Waals surface area contributed by atoms with Crippen molar-refractivity contribution in [2.45, 2.75) is 32.7 Å². The summed E-state index contributed by atoms with van der Waals surface area (Å²) in [6.45, 7) is 3.29. The molecule has 0 aliphatic rings. The molecule has 1 heterocycles. The Morgan fingerprint density at radius 1 is 1.11 bits per heavy atom. The summed E-state index contributed by atoms with van der Waals surface area (Å²) in [7, 11) is 0. The molecule has 3 rings (SSSR count). The first-order chi connectivity index (χ1) is 13.6. The van der Waals surface area contributed by atoms with E-state index in [1.165, 1.54) is 0 Å². The van der Waals surface area contributed by atoms with Crippen molar-refractivity contribution in [3.8, 4) is 0 Å². The molecule has 0 saturated heterocycles. The summed E-state index contributed by atoms with van der Waals surface area (Å²) >= 11 is 5.82. The lowest BCUT2D eigenvalue weighted by Gasteiger charge is -2.09. The number of halogens is 1. The maximum absolute atomic E-state index is 12.3. The number of imidazole rings is 1. The predicted molar refractivity (Wildman–Crippen MR) is 112 cm³/mol. The van der Waals surface area contributed by atoms with Gasteiger partial charge in [-0.15, -0.1) is 0 Å². The Morgan fingerprint density at radius 2 is 1.86 bits per heavy atom. The molecule has 2 N–H and O–H groups in total. The van der Waals surface area contributed by atoms with Gasteiger partial charge in [-0.25, -0.2) is 4.98 Å². The summed E-state index contributed by atoms with van der Waals surface area (Å²) in [6, 6.07) is 14.5. The number of amides is 2. The number of hydrogen-bond acceptors (Lipinski definition) is 3. The summed E-state index contributed by atoms with van der Waals surface area (Å²) in [5.74, 6) is 0.272. The second kappa shape index (κ2) is 9.37. The van der Waals surface area contributed by atoms with Crippen molar-refractivity contribution in [1.82, 2.24) is 14.9 Å². The van der Waals surface area contributed by atoms with Crippen LogP contribution < -0.4 is 10.6 Å². The van der Waals surface area contributed by atoms with Gasteiger partial charge in [-0.05, 0) is 49.2 Å². The van der Waals surface area contributed by atoms with Crippen molar-refractivity contribution in [1.29, 1.82) is 0 Å². The van der Waals surface area contributed by atoms with Crippen LogP contribution in [0.25, 0.3) is 11.0 Å². The van der Waals surface area contributed by atoms with Crippen LogP contribution in [0.4, 0.5) is 5.95 Å². The van der Waals surface area contributed by atoms with E-state index in [0.29, 0.717) is 35.9 Å². The smallest absolute Gasteiger partial charge is 0.251 e. The van der Waals surface area contributed by atoms with Crippen LogP contribution >= 0.6 is 11.6 Å². The third-order valence-corrected chi connectivity index (χ3v) is 4.58. The number of carbonyl (C=O) groups excluding carboxylic acids is 2. The van der Waals surface area contributed by atoms with Gasteiger partial charge in [-0.2, -0.15) is 0 Å². The van der Waals surface area contributed by atoms with E-state index in [4.69, 9.17) is 11.6 Å². The third-order valence-electron chi connectivity index (χ3n) is 4.33. The van der Waals surface area contributed by atoms with Crippen LogP contribution in [0.2, 0.25) is 5.02 Å². The fourth-order valence-electron chi connectivity index (χ4n) is 2.96. The van der Waals surface area contributed by atoms with E-state index >= 15 is 0 Å². The van der Waals surface area contributed by atoms with Gasteiger partial charge in [0.1, 0.15) is 0 Å². The number of aromatic nitrogens is 2. The Labute approximate surface area is 168 Å². The molecule has 146 valence electrons. The Bertz CT molecular complexity index is 966. The van der Waals surface area contributed by atoms with Crippen LogP contribution in [0.3, 0.4) is 0 Å². The highest BCUT2D eigenvalue weighted by Crippen LogP contribution is 2.20. The molecule has 6 nitrogen and oxygen atoms in total. The molecule has 0 atom stereocenters. The summed E-state index contributed by atoms with van der Waals surface area (Å²) in [6.07, 6.45) is 1.79. The van der Waals surface area contributed by atoms with Crippen LogP contribution in [0.5, 0.6) is 0 Å². The number of hydrogen-bond donors (Lipinski definition) is 2. The molecule has 0 saturated carbocycles. The number of carbonyl (C=O) groups is 2. The van der Waals surface area contributed by atoms with Crippen LogP contribution in [0, 0.1) is 0 Å². The highest BCUT2D eigenvalue weighted by molar-refractivity contribution is 6.30. The topological polar surface area (TPSA) is 76.0 Å². The molecular formula is C21H23ClN4O2. The lowest BCUT2D eigenvalue weighted by molar-refractivity contribution is -0.116. The van der Waals surface area contributed by atoms with E-state index < -0.39 is 0 Å². The lowest BCUT2D eigenvalue weighted by Crippen LogP contribution is -2.25. The van der Waals surface area contributed by atoms with E-state index in [2.05, 4.69) is 22.5 Å². The van der Waals surface area contributed by atoms with Crippen molar-refractivity contribution in [2.75, 3.05) is 11.9 Å². The molecule has 0 spiro atoms. The fourth-order valence-corrected chi connectivity index (χ4v) is 3.09. The standard InChI is InChI=1S/C21H23ClN4O2/c1-2-14-26-18-7-4-3-6-17(18)24-21(26)25-19(27)8-5-13-23-20(28)15-9-11-16(22)12-10-15/h3-4,6-7,9-12H,2,5,8,13-14H2,1H3,(H,23,28)(H,24,25,27). The molecule has 1 aromatic heterocycles. The molecule has 0 bridgehead atoms. The monoisotopic (exact) mass is 398 g/mol. The molecule has 0 radical (unpaired) electrons. The minimum Gasteiger partial charge on any atom is -0.352 e. The Balaban J connectivity index is 1.51.